The van der Waals surface area contributed by atoms with Crippen molar-refractivity contribution in [1.82, 2.24) is 25.4 Å². The molecule has 7 heteroatoms. The Hall–Kier alpha value is -3.22. The number of hydrogen-bond donors (Lipinski definition) is 2. The number of pyridine rings is 1. The molecule has 0 unspecified atom stereocenters. The van der Waals surface area contributed by atoms with E-state index in [0.29, 0.717) is 42.1 Å². The van der Waals surface area contributed by atoms with Gasteiger partial charge in [0.25, 0.3) is 11.8 Å². The van der Waals surface area contributed by atoms with Crippen LogP contribution in [0.25, 0.3) is 10.9 Å². The molecule has 0 saturated heterocycles. The Kier molecular flexibility index (Phi) is 7.06. The van der Waals surface area contributed by atoms with E-state index >= 15 is 0 Å². The molecule has 2 amide bonds. The van der Waals surface area contributed by atoms with Gasteiger partial charge in [-0.25, -0.2) is 0 Å². The van der Waals surface area contributed by atoms with Crippen LogP contribution in [0, 0.1) is 11.8 Å². The molecule has 2 aromatic heterocycles. The standard InChI is InChI=1S/C26H33N5O2/c1-17(2)15-27-25(32)21-14-23(30-22-7-5-4-6-20(21)22)19-10-8-18(9-11-19)16-28-26(33)24-12-13-29-31(24)3/h4-7,12-14,17-19H,8-11,15-16H2,1-3H3,(H,27,32)(H,28,33). The number of carbonyl (C=O) groups excluding carboxylic acids is 2. The first-order valence-corrected chi connectivity index (χ1v) is 11.9. The van der Waals surface area contributed by atoms with Gasteiger partial charge in [0.2, 0.25) is 0 Å². The van der Waals surface area contributed by atoms with Gasteiger partial charge in [0.15, 0.2) is 0 Å². The van der Waals surface area contributed by atoms with Crippen LogP contribution in [0.2, 0.25) is 0 Å². The summed E-state index contributed by atoms with van der Waals surface area (Å²) in [7, 11) is 1.77. The van der Waals surface area contributed by atoms with Crippen LogP contribution in [0.3, 0.4) is 0 Å². The summed E-state index contributed by atoms with van der Waals surface area (Å²) in [4.78, 5) is 30.2. The molecule has 1 fully saturated rings. The molecule has 2 heterocycles. The highest BCUT2D eigenvalue weighted by Crippen LogP contribution is 2.36. The molecule has 1 aromatic carbocycles. The number of fused-ring (bicyclic) bond motifs is 1. The molecule has 1 saturated carbocycles. The van der Waals surface area contributed by atoms with Crippen LogP contribution in [0.15, 0.2) is 42.6 Å². The van der Waals surface area contributed by atoms with Gasteiger partial charge in [0.05, 0.1) is 11.1 Å². The fraction of sp³-hybridized carbons (Fsp3) is 0.462. The van der Waals surface area contributed by atoms with Crippen LogP contribution in [0.5, 0.6) is 0 Å². The molecule has 174 valence electrons. The highest BCUT2D eigenvalue weighted by Gasteiger charge is 2.25. The third-order valence-electron chi connectivity index (χ3n) is 6.52. The second-order valence-electron chi connectivity index (χ2n) is 9.48. The number of carbonyl (C=O) groups is 2. The van der Waals surface area contributed by atoms with E-state index in [4.69, 9.17) is 4.98 Å². The zero-order valence-corrected chi connectivity index (χ0v) is 19.7. The van der Waals surface area contributed by atoms with E-state index in [1.165, 1.54) is 0 Å². The molecular formula is C26H33N5O2. The monoisotopic (exact) mass is 447 g/mol. The summed E-state index contributed by atoms with van der Waals surface area (Å²) in [5, 5.41) is 11.1. The second kappa shape index (κ2) is 10.1. The van der Waals surface area contributed by atoms with E-state index in [-0.39, 0.29) is 11.8 Å². The van der Waals surface area contributed by atoms with Crippen molar-refractivity contribution in [3.8, 4) is 0 Å². The van der Waals surface area contributed by atoms with Gasteiger partial charge in [-0.1, -0.05) is 32.0 Å². The number of para-hydroxylation sites is 1. The van der Waals surface area contributed by atoms with Gasteiger partial charge in [0, 0.05) is 43.3 Å². The molecule has 1 aliphatic carbocycles. The molecule has 3 aromatic rings. The van der Waals surface area contributed by atoms with Crippen molar-refractivity contribution in [2.45, 2.75) is 45.4 Å². The van der Waals surface area contributed by atoms with Crippen LogP contribution >= 0.6 is 0 Å². The number of nitrogens with zero attached hydrogens (tertiary/aromatic N) is 3. The van der Waals surface area contributed by atoms with Crippen molar-refractivity contribution >= 4 is 22.7 Å². The van der Waals surface area contributed by atoms with E-state index in [9.17, 15) is 9.59 Å². The number of nitrogens with one attached hydrogen (secondary N) is 2. The fourth-order valence-electron chi connectivity index (χ4n) is 4.57. The maximum absolute atomic E-state index is 12.9. The molecule has 2 N–H and O–H groups in total. The summed E-state index contributed by atoms with van der Waals surface area (Å²) in [6.07, 6.45) is 5.70. The zero-order valence-electron chi connectivity index (χ0n) is 19.7. The van der Waals surface area contributed by atoms with Crippen LogP contribution in [-0.4, -0.2) is 39.7 Å². The number of rotatable bonds is 7. The lowest BCUT2D eigenvalue weighted by Crippen LogP contribution is -2.32. The summed E-state index contributed by atoms with van der Waals surface area (Å²) < 4.78 is 1.59. The Morgan fingerprint density at radius 1 is 1.06 bits per heavy atom. The highest BCUT2D eigenvalue weighted by atomic mass is 16.2. The Labute approximate surface area is 195 Å². The van der Waals surface area contributed by atoms with Gasteiger partial charge in [-0.2, -0.15) is 5.10 Å². The maximum atomic E-state index is 12.9. The minimum atomic E-state index is -0.0784. The number of amides is 2. The van der Waals surface area contributed by atoms with Crippen LogP contribution in [0.1, 0.15) is 72.0 Å². The Balaban J connectivity index is 1.42. The molecular weight excluding hydrogens is 414 g/mol. The third-order valence-corrected chi connectivity index (χ3v) is 6.52. The maximum Gasteiger partial charge on any atom is 0.269 e. The predicted octanol–water partition coefficient (Wildman–Crippen LogP) is 4.06. The van der Waals surface area contributed by atoms with Crippen molar-refractivity contribution in [3.63, 3.8) is 0 Å². The van der Waals surface area contributed by atoms with Gasteiger partial charge in [-0.3, -0.25) is 19.3 Å². The van der Waals surface area contributed by atoms with E-state index in [0.717, 1.165) is 42.3 Å². The van der Waals surface area contributed by atoms with Crippen molar-refractivity contribution in [2.24, 2.45) is 18.9 Å². The largest absolute Gasteiger partial charge is 0.352 e. The topological polar surface area (TPSA) is 88.9 Å². The average molecular weight is 448 g/mol. The van der Waals surface area contributed by atoms with E-state index in [1.807, 2.05) is 30.3 Å². The van der Waals surface area contributed by atoms with Crippen molar-refractivity contribution in [2.75, 3.05) is 13.1 Å². The first-order chi connectivity index (χ1) is 15.9. The minimum Gasteiger partial charge on any atom is -0.352 e. The smallest absolute Gasteiger partial charge is 0.269 e. The van der Waals surface area contributed by atoms with Gasteiger partial charge >= 0.3 is 0 Å². The molecule has 0 aliphatic heterocycles. The van der Waals surface area contributed by atoms with Gasteiger partial charge in [-0.15, -0.1) is 0 Å². The molecule has 4 rings (SSSR count). The molecule has 1 aliphatic rings. The van der Waals surface area contributed by atoms with Gasteiger partial charge < -0.3 is 10.6 Å². The Morgan fingerprint density at radius 3 is 2.52 bits per heavy atom. The van der Waals surface area contributed by atoms with Gasteiger partial charge in [0.1, 0.15) is 5.69 Å². The summed E-state index contributed by atoms with van der Waals surface area (Å²) in [5.41, 5.74) is 3.16. The number of benzene rings is 1. The quantitative estimate of drug-likeness (QED) is 0.572. The lowest BCUT2D eigenvalue weighted by molar-refractivity contribution is 0.0930. The summed E-state index contributed by atoms with van der Waals surface area (Å²) >= 11 is 0. The Bertz CT molecular complexity index is 1130. The van der Waals surface area contributed by atoms with Crippen LogP contribution in [-0.2, 0) is 7.05 Å². The lowest BCUT2D eigenvalue weighted by Gasteiger charge is -2.28. The normalized spacial score (nSPS) is 18.4. The van der Waals surface area contributed by atoms with E-state index < -0.39 is 0 Å². The minimum absolute atomic E-state index is 0.0323. The lowest BCUT2D eigenvalue weighted by atomic mass is 9.80. The van der Waals surface area contributed by atoms with E-state index in [2.05, 4.69) is 29.6 Å². The second-order valence-corrected chi connectivity index (χ2v) is 9.48. The first-order valence-electron chi connectivity index (χ1n) is 11.9. The molecule has 0 radical (unpaired) electrons. The number of aromatic nitrogens is 3. The molecule has 33 heavy (non-hydrogen) atoms. The van der Waals surface area contributed by atoms with Crippen molar-refractivity contribution in [1.29, 1.82) is 0 Å². The van der Waals surface area contributed by atoms with Gasteiger partial charge in [-0.05, 0) is 55.7 Å². The molecule has 0 atom stereocenters. The summed E-state index contributed by atoms with van der Waals surface area (Å²) in [6, 6.07) is 11.6. The highest BCUT2D eigenvalue weighted by molar-refractivity contribution is 6.06. The van der Waals surface area contributed by atoms with E-state index in [1.54, 1.807) is 24.0 Å². The van der Waals surface area contributed by atoms with Crippen LogP contribution < -0.4 is 10.6 Å². The molecule has 7 nitrogen and oxygen atoms in total. The SMILES string of the molecule is CC(C)CNC(=O)c1cc(C2CCC(CNC(=O)c3ccnn3C)CC2)nc2ccccc12. The molecule has 0 bridgehead atoms. The number of aryl methyl sites for hydroxylation is 1. The van der Waals surface area contributed by atoms with Crippen molar-refractivity contribution < 1.29 is 9.59 Å². The third kappa shape index (κ3) is 5.41. The van der Waals surface area contributed by atoms with Crippen LogP contribution in [0.4, 0.5) is 0 Å². The number of hydrogen-bond acceptors (Lipinski definition) is 4. The summed E-state index contributed by atoms with van der Waals surface area (Å²) in [5.74, 6) is 1.07. The zero-order chi connectivity index (χ0) is 23.4. The predicted molar refractivity (Wildman–Crippen MR) is 129 cm³/mol. The average Bonchev–Trinajstić information content (AvgIpc) is 3.26. The molecule has 0 spiro atoms. The Morgan fingerprint density at radius 2 is 1.82 bits per heavy atom. The first kappa shape index (κ1) is 23.0. The summed E-state index contributed by atoms with van der Waals surface area (Å²) in [6.45, 7) is 5.51. The van der Waals surface area contributed by atoms with Crippen molar-refractivity contribution in [3.05, 3.63) is 59.5 Å². The fourth-order valence-corrected chi connectivity index (χ4v) is 4.57.